The van der Waals surface area contributed by atoms with Gasteiger partial charge in [0, 0.05) is 18.8 Å². The van der Waals surface area contributed by atoms with Gasteiger partial charge in [0.2, 0.25) is 5.91 Å². The van der Waals surface area contributed by atoms with Gasteiger partial charge in [0.1, 0.15) is 12.4 Å². The van der Waals surface area contributed by atoms with Gasteiger partial charge >= 0.3 is 5.97 Å². The third-order valence-electron chi connectivity index (χ3n) is 4.94. The number of rotatable bonds is 7. The molecule has 0 atom stereocenters. The lowest BCUT2D eigenvalue weighted by Crippen LogP contribution is -2.32. The molecule has 3 aromatic rings. The van der Waals surface area contributed by atoms with Crippen molar-refractivity contribution in [3.8, 4) is 0 Å². The van der Waals surface area contributed by atoms with Gasteiger partial charge in [-0.3, -0.25) is 29.0 Å². The molecule has 0 radical (unpaired) electrons. The number of amides is 3. The molecule has 3 amide bonds. The van der Waals surface area contributed by atoms with Gasteiger partial charge in [-0.1, -0.05) is 24.3 Å². The summed E-state index contributed by atoms with van der Waals surface area (Å²) in [6.07, 6.45) is -0.169. The molecule has 0 aliphatic carbocycles. The zero-order valence-electron chi connectivity index (χ0n) is 17.5. The number of imide groups is 1. The van der Waals surface area contributed by atoms with Crippen LogP contribution in [0.1, 0.15) is 39.8 Å². The van der Waals surface area contributed by atoms with Gasteiger partial charge in [-0.2, -0.15) is 0 Å². The molecule has 2 heterocycles. The average molecular weight is 467 g/mol. The molecule has 0 spiro atoms. The van der Waals surface area contributed by atoms with E-state index in [-0.39, 0.29) is 30.4 Å². The predicted octanol–water partition coefficient (Wildman–Crippen LogP) is 3.70. The maximum atomic E-state index is 14.2. The lowest BCUT2D eigenvalue weighted by Gasteiger charge is -2.18. The molecule has 10 heteroatoms. The highest BCUT2D eigenvalue weighted by Gasteiger charge is 2.35. The molecule has 0 saturated carbocycles. The number of carbonyl (C=O) groups excluding carboxylic acids is 4. The van der Waals surface area contributed by atoms with Crippen LogP contribution in [-0.4, -0.2) is 40.1 Å². The molecule has 1 aromatic heterocycles. The van der Waals surface area contributed by atoms with Crippen molar-refractivity contribution in [3.05, 3.63) is 76.5 Å². The first-order chi connectivity index (χ1) is 15.9. The van der Waals surface area contributed by atoms with E-state index in [2.05, 4.69) is 4.98 Å². The number of ether oxygens (including phenoxy) is 1. The first-order valence-corrected chi connectivity index (χ1v) is 10.8. The van der Waals surface area contributed by atoms with Crippen molar-refractivity contribution in [2.24, 2.45) is 0 Å². The second-order valence-electron chi connectivity index (χ2n) is 7.15. The van der Waals surface area contributed by atoms with E-state index in [0.29, 0.717) is 16.8 Å². The maximum Gasteiger partial charge on any atom is 0.307 e. The summed E-state index contributed by atoms with van der Waals surface area (Å²) < 4.78 is 19.4. The smallest absolute Gasteiger partial charge is 0.307 e. The van der Waals surface area contributed by atoms with Crippen LogP contribution in [-0.2, 0) is 20.9 Å². The molecule has 0 N–H and O–H groups in total. The summed E-state index contributed by atoms with van der Waals surface area (Å²) in [6.45, 7) is 1.03. The van der Waals surface area contributed by atoms with Crippen LogP contribution in [0.4, 0.5) is 15.2 Å². The van der Waals surface area contributed by atoms with E-state index in [1.54, 1.807) is 35.7 Å². The standard InChI is InChI=1S/C23H18FN3O5S/c1-14(28)27(19-9-5-4-8-18(19)24)23-25-15(13-33-23)12-32-20(29)10-11-26-21(30)16-6-2-3-7-17(16)22(26)31/h2-9,13H,10-12H2,1H3. The molecular formula is C23H18FN3O5S. The Morgan fingerprint density at radius 2 is 1.70 bits per heavy atom. The van der Waals surface area contributed by atoms with E-state index in [1.165, 1.54) is 25.1 Å². The minimum atomic E-state index is -0.612. The fourth-order valence-electron chi connectivity index (χ4n) is 3.38. The Kier molecular flexibility index (Phi) is 6.27. The number of halogens is 1. The monoisotopic (exact) mass is 467 g/mol. The topological polar surface area (TPSA) is 96.9 Å². The van der Waals surface area contributed by atoms with Gasteiger partial charge in [0.05, 0.1) is 28.9 Å². The number of hydrogen-bond donors (Lipinski definition) is 0. The van der Waals surface area contributed by atoms with Crippen molar-refractivity contribution in [2.75, 3.05) is 11.4 Å². The molecule has 0 unspecified atom stereocenters. The second kappa shape index (κ2) is 9.29. The van der Waals surface area contributed by atoms with E-state index in [9.17, 15) is 23.6 Å². The van der Waals surface area contributed by atoms with Crippen LogP contribution < -0.4 is 4.90 Å². The van der Waals surface area contributed by atoms with Gasteiger partial charge in [0.15, 0.2) is 5.13 Å². The lowest BCUT2D eigenvalue weighted by molar-refractivity contribution is -0.145. The molecule has 168 valence electrons. The van der Waals surface area contributed by atoms with E-state index < -0.39 is 29.5 Å². The number of thiazole rings is 1. The van der Waals surface area contributed by atoms with Crippen molar-refractivity contribution in [1.29, 1.82) is 0 Å². The van der Waals surface area contributed by atoms with E-state index in [0.717, 1.165) is 21.1 Å². The Hall–Kier alpha value is -3.92. The van der Waals surface area contributed by atoms with Crippen LogP contribution >= 0.6 is 11.3 Å². The van der Waals surface area contributed by atoms with Gasteiger partial charge < -0.3 is 4.74 Å². The van der Waals surface area contributed by atoms with Gasteiger partial charge in [-0.15, -0.1) is 11.3 Å². The highest BCUT2D eigenvalue weighted by molar-refractivity contribution is 7.14. The molecule has 8 nitrogen and oxygen atoms in total. The summed E-state index contributed by atoms with van der Waals surface area (Å²) in [5.41, 5.74) is 1.09. The van der Waals surface area contributed by atoms with Crippen molar-refractivity contribution < 1.29 is 28.3 Å². The molecule has 0 fully saturated rings. The van der Waals surface area contributed by atoms with Gasteiger partial charge in [-0.25, -0.2) is 9.37 Å². The maximum absolute atomic E-state index is 14.2. The Bertz CT molecular complexity index is 1220. The quantitative estimate of drug-likeness (QED) is 0.388. The van der Waals surface area contributed by atoms with E-state index in [1.807, 2.05) is 0 Å². The average Bonchev–Trinajstić information content (AvgIpc) is 3.35. The molecule has 0 bridgehead atoms. The highest BCUT2D eigenvalue weighted by Crippen LogP contribution is 2.31. The first-order valence-electron chi connectivity index (χ1n) is 9.97. The zero-order chi connectivity index (χ0) is 23.5. The number of hydrogen-bond acceptors (Lipinski definition) is 7. The zero-order valence-corrected chi connectivity index (χ0v) is 18.3. The minimum Gasteiger partial charge on any atom is -0.459 e. The number of benzene rings is 2. The highest BCUT2D eigenvalue weighted by atomic mass is 32.1. The number of anilines is 2. The molecule has 1 aliphatic heterocycles. The SMILES string of the molecule is CC(=O)N(c1nc(COC(=O)CCN2C(=O)c3ccccc3C2=O)cs1)c1ccccc1F. The Morgan fingerprint density at radius 3 is 2.33 bits per heavy atom. The number of nitrogens with zero attached hydrogens (tertiary/aromatic N) is 3. The molecule has 33 heavy (non-hydrogen) atoms. The Morgan fingerprint density at radius 1 is 1.06 bits per heavy atom. The largest absolute Gasteiger partial charge is 0.459 e. The van der Waals surface area contributed by atoms with Gasteiger partial charge in [0.25, 0.3) is 11.8 Å². The van der Waals surface area contributed by atoms with Gasteiger partial charge in [-0.05, 0) is 24.3 Å². The number of esters is 1. The van der Waals surface area contributed by atoms with Crippen LogP contribution in [0.25, 0.3) is 0 Å². The normalized spacial score (nSPS) is 12.6. The second-order valence-corrected chi connectivity index (χ2v) is 7.98. The summed E-state index contributed by atoms with van der Waals surface area (Å²) in [6, 6.07) is 12.3. The van der Waals surface area contributed by atoms with Crippen molar-refractivity contribution in [2.45, 2.75) is 20.0 Å². The summed E-state index contributed by atoms with van der Waals surface area (Å²) >= 11 is 1.11. The third kappa shape index (κ3) is 4.51. The van der Waals surface area contributed by atoms with Crippen LogP contribution in [0, 0.1) is 5.82 Å². The fourth-order valence-corrected chi connectivity index (χ4v) is 4.24. The lowest BCUT2D eigenvalue weighted by atomic mass is 10.1. The number of para-hydroxylation sites is 1. The number of aromatic nitrogens is 1. The van der Waals surface area contributed by atoms with Crippen LogP contribution in [0.2, 0.25) is 0 Å². The summed E-state index contributed by atoms with van der Waals surface area (Å²) in [7, 11) is 0. The Labute approximate surface area is 192 Å². The van der Waals surface area contributed by atoms with Crippen molar-refractivity contribution >= 4 is 45.8 Å². The predicted molar refractivity (Wildman–Crippen MR) is 118 cm³/mol. The summed E-state index contributed by atoms with van der Waals surface area (Å²) in [5.74, 6) is -2.48. The van der Waals surface area contributed by atoms with Crippen LogP contribution in [0.5, 0.6) is 0 Å². The summed E-state index contributed by atoms with van der Waals surface area (Å²) in [4.78, 5) is 55.4. The molecule has 2 aromatic carbocycles. The third-order valence-corrected chi connectivity index (χ3v) is 5.81. The number of carbonyl (C=O) groups is 4. The molecule has 0 saturated heterocycles. The molecule has 1 aliphatic rings. The molecular weight excluding hydrogens is 449 g/mol. The molecule has 4 rings (SSSR count). The minimum absolute atomic E-state index is 0.0730. The fraction of sp³-hybridized carbons (Fsp3) is 0.174. The first kappa shape index (κ1) is 22.3. The van der Waals surface area contributed by atoms with E-state index >= 15 is 0 Å². The van der Waals surface area contributed by atoms with Crippen molar-refractivity contribution in [1.82, 2.24) is 9.88 Å². The summed E-state index contributed by atoms with van der Waals surface area (Å²) in [5, 5.41) is 1.84. The van der Waals surface area contributed by atoms with E-state index in [4.69, 9.17) is 4.74 Å². The Balaban J connectivity index is 1.34. The number of fused-ring (bicyclic) bond motifs is 1. The van der Waals surface area contributed by atoms with Crippen molar-refractivity contribution in [3.63, 3.8) is 0 Å². The van der Waals surface area contributed by atoms with Crippen LogP contribution in [0.3, 0.4) is 0 Å². The van der Waals surface area contributed by atoms with Crippen LogP contribution in [0.15, 0.2) is 53.9 Å².